The third-order valence-corrected chi connectivity index (χ3v) is 1.52. The number of allylic oxidation sites excluding steroid dienone is 2. The molecular weight excluding hydrogens is 168 g/mol. The molecule has 0 spiro atoms. The Balaban J connectivity index is 2.91. The molecule has 0 aliphatic carbocycles. The summed E-state index contributed by atoms with van der Waals surface area (Å²) in [4.78, 5) is 6.92. The van der Waals surface area contributed by atoms with Gasteiger partial charge in [0.15, 0.2) is 11.6 Å². The van der Waals surface area contributed by atoms with Gasteiger partial charge in [0.25, 0.3) is 0 Å². The van der Waals surface area contributed by atoms with E-state index in [1.165, 1.54) is 0 Å². The molecule has 1 rings (SSSR count). The van der Waals surface area contributed by atoms with Crippen molar-refractivity contribution in [2.75, 3.05) is 7.11 Å². The summed E-state index contributed by atoms with van der Waals surface area (Å²) in [5.74, 6) is 1.18. The number of methoxy groups -OCH3 is 1. The Labute approximate surface area is 76.6 Å². The van der Waals surface area contributed by atoms with Gasteiger partial charge in [-0.25, -0.2) is 4.98 Å². The van der Waals surface area contributed by atoms with E-state index in [1.54, 1.807) is 25.5 Å². The van der Waals surface area contributed by atoms with Gasteiger partial charge in [0.05, 0.1) is 25.6 Å². The van der Waals surface area contributed by atoms with Gasteiger partial charge in [-0.05, 0) is 6.08 Å². The number of H-pyrrole nitrogens is 1. The van der Waals surface area contributed by atoms with Crippen LogP contribution in [-0.4, -0.2) is 22.2 Å². The molecule has 0 saturated heterocycles. The van der Waals surface area contributed by atoms with Gasteiger partial charge in [-0.1, -0.05) is 12.7 Å². The van der Waals surface area contributed by atoms with Gasteiger partial charge >= 0.3 is 0 Å². The Morgan fingerprint density at radius 2 is 2.62 bits per heavy atom. The predicted octanol–water partition coefficient (Wildman–Crippen LogP) is 1.08. The fourth-order valence-electron chi connectivity index (χ4n) is 0.915. The van der Waals surface area contributed by atoms with Crippen molar-refractivity contribution in [1.82, 2.24) is 9.97 Å². The zero-order valence-electron chi connectivity index (χ0n) is 7.45. The summed E-state index contributed by atoms with van der Waals surface area (Å²) in [6.45, 7) is 3.50. The molecule has 0 fully saturated rings. The lowest BCUT2D eigenvalue weighted by Gasteiger charge is -2.00. The average molecular weight is 180 g/mol. The average Bonchev–Trinajstić information content (AvgIpc) is 2.62. The minimum atomic E-state index is -0.0575. The maximum absolute atomic E-state index is 8.78. The lowest BCUT2D eigenvalue weighted by Crippen LogP contribution is -1.90. The third-order valence-electron chi connectivity index (χ3n) is 1.52. The molecule has 1 heterocycles. The first-order valence-electron chi connectivity index (χ1n) is 3.83. The molecule has 4 heteroatoms. The molecule has 0 aliphatic heterocycles. The first kappa shape index (κ1) is 9.54. The molecule has 4 nitrogen and oxygen atoms in total. The molecule has 0 bridgehead atoms. The van der Waals surface area contributed by atoms with Crippen molar-refractivity contribution in [3.8, 4) is 0 Å². The van der Waals surface area contributed by atoms with Crippen LogP contribution in [0.5, 0.6) is 0 Å². The summed E-state index contributed by atoms with van der Waals surface area (Å²) in [6, 6.07) is 0. The zero-order valence-corrected chi connectivity index (χ0v) is 7.45. The summed E-state index contributed by atoms with van der Waals surface area (Å²) >= 11 is 0. The fraction of sp³-hybridized carbons (Fsp3) is 0.222. The Morgan fingerprint density at radius 3 is 3.08 bits per heavy atom. The molecule has 1 aromatic heterocycles. The van der Waals surface area contributed by atoms with Gasteiger partial charge < -0.3 is 14.8 Å². The van der Waals surface area contributed by atoms with Gasteiger partial charge in [0.2, 0.25) is 0 Å². The van der Waals surface area contributed by atoms with E-state index in [0.717, 1.165) is 0 Å². The van der Waals surface area contributed by atoms with Crippen molar-refractivity contribution in [2.24, 2.45) is 0 Å². The summed E-state index contributed by atoms with van der Waals surface area (Å²) < 4.78 is 5.05. The number of nitrogens with one attached hydrogen (secondary N) is 1. The Hall–Kier alpha value is -1.55. The van der Waals surface area contributed by atoms with Crippen LogP contribution in [0, 0.1) is 0 Å². The van der Waals surface area contributed by atoms with E-state index in [-0.39, 0.29) is 6.61 Å². The third kappa shape index (κ3) is 2.19. The second kappa shape index (κ2) is 4.47. The van der Waals surface area contributed by atoms with Gasteiger partial charge in [-0.3, -0.25) is 0 Å². The first-order chi connectivity index (χ1) is 6.31. The van der Waals surface area contributed by atoms with Crippen molar-refractivity contribution in [2.45, 2.75) is 6.61 Å². The monoisotopic (exact) mass is 180 g/mol. The highest BCUT2D eigenvalue weighted by Crippen LogP contribution is 2.10. The molecule has 13 heavy (non-hydrogen) atoms. The molecule has 0 unspecified atom stereocenters. The second-order valence-electron chi connectivity index (χ2n) is 2.39. The van der Waals surface area contributed by atoms with Crippen molar-refractivity contribution < 1.29 is 9.84 Å². The lowest BCUT2D eigenvalue weighted by atomic mass is 10.4. The van der Waals surface area contributed by atoms with Crippen LogP contribution >= 0.6 is 0 Å². The van der Waals surface area contributed by atoms with Crippen LogP contribution in [0.3, 0.4) is 0 Å². The molecule has 1 aromatic rings. The molecule has 70 valence electrons. The van der Waals surface area contributed by atoms with Crippen LogP contribution in [0.4, 0.5) is 0 Å². The van der Waals surface area contributed by atoms with Crippen LogP contribution in [0.15, 0.2) is 24.9 Å². The summed E-state index contributed by atoms with van der Waals surface area (Å²) in [6.07, 6.45) is 4.87. The number of aliphatic hydroxyl groups is 1. The lowest BCUT2D eigenvalue weighted by molar-refractivity contribution is 0.277. The van der Waals surface area contributed by atoms with Crippen LogP contribution in [0.25, 0.3) is 5.76 Å². The number of rotatable bonds is 4. The van der Waals surface area contributed by atoms with Gasteiger partial charge in [-0.2, -0.15) is 0 Å². The van der Waals surface area contributed by atoms with E-state index >= 15 is 0 Å². The molecule has 2 N–H and O–H groups in total. The molecule has 0 radical (unpaired) electrons. The number of nitrogens with zero attached hydrogens (tertiary/aromatic N) is 1. The standard InChI is InChI=1S/C9H12N2O2/c1-3-4-8(13-2)9-10-5-7(6-12)11-9/h3-5,12H,1,6H2,2H3,(H,10,11)/b8-4-. The van der Waals surface area contributed by atoms with Crippen LogP contribution < -0.4 is 0 Å². The Morgan fingerprint density at radius 1 is 1.85 bits per heavy atom. The predicted molar refractivity (Wildman–Crippen MR) is 49.7 cm³/mol. The topological polar surface area (TPSA) is 58.1 Å². The van der Waals surface area contributed by atoms with E-state index in [0.29, 0.717) is 17.3 Å². The number of hydrogen-bond acceptors (Lipinski definition) is 3. The Bertz CT molecular complexity index is 315. The van der Waals surface area contributed by atoms with E-state index in [9.17, 15) is 0 Å². The van der Waals surface area contributed by atoms with Gasteiger partial charge in [0, 0.05) is 0 Å². The van der Waals surface area contributed by atoms with Gasteiger partial charge in [0.1, 0.15) is 0 Å². The van der Waals surface area contributed by atoms with Crippen molar-refractivity contribution >= 4 is 5.76 Å². The normalized spacial score (nSPS) is 11.4. The molecular formula is C9H12N2O2. The Kier molecular flexibility index (Phi) is 3.28. The highest BCUT2D eigenvalue weighted by molar-refractivity contribution is 5.54. The first-order valence-corrected chi connectivity index (χ1v) is 3.83. The number of aromatic amines is 1. The fourth-order valence-corrected chi connectivity index (χ4v) is 0.915. The van der Waals surface area contributed by atoms with Gasteiger partial charge in [-0.15, -0.1) is 0 Å². The number of hydrogen-bond donors (Lipinski definition) is 2. The SMILES string of the molecule is C=C/C=C(\OC)c1ncc(CO)[nH]1. The van der Waals surface area contributed by atoms with Crippen LogP contribution in [0.2, 0.25) is 0 Å². The van der Waals surface area contributed by atoms with E-state index in [1.807, 2.05) is 0 Å². The van der Waals surface area contributed by atoms with E-state index in [4.69, 9.17) is 9.84 Å². The largest absolute Gasteiger partial charge is 0.493 e. The van der Waals surface area contributed by atoms with Crippen molar-refractivity contribution in [1.29, 1.82) is 0 Å². The second-order valence-corrected chi connectivity index (χ2v) is 2.39. The maximum Gasteiger partial charge on any atom is 0.173 e. The van der Waals surface area contributed by atoms with Crippen molar-refractivity contribution in [3.05, 3.63) is 36.4 Å². The summed E-state index contributed by atoms with van der Waals surface area (Å²) in [5, 5.41) is 8.78. The minimum Gasteiger partial charge on any atom is -0.493 e. The highest BCUT2D eigenvalue weighted by Gasteiger charge is 2.04. The highest BCUT2D eigenvalue weighted by atomic mass is 16.5. The zero-order chi connectivity index (χ0) is 9.68. The van der Waals surface area contributed by atoms with Crippen LogP contribution in [-0.2, 0) is 11.3 Å². The number of imidazole rings is 1. The summed E-state index contributed by atoms with van der Waals surface area (Å²) in [7, 11) is 1.55. The number of ether oxygens (including phenoxy) is 1. The maximum atomic E-state index is 8.78. The van der Waals surface area contributed by atoms with E-state index in [2.05, 4.69) is 16.5 Å². The molecule has 0 aromatic carbocycles. The molecule has 0 saturated carbocycles. The molecule has 0 aliphatic rings. The smallest absolute Gasteiger partial charge is 0.173 e. The quantitative estimate of drug-likeness (QED) is 0.538. The summed E-state index contributed by atoms with van der Waals surface area (Å²) in [5.41, 5.74) is 0.655. The minimum absolute atomic E-state index is 0.0575. The molecule has 0 amide bonds. The van der Waals surface area contributed by atoms with E-state index < -0.39 is 0 Å². The number of aliphatic hydroxyl groups excluding tert-OH is 1. The van der Waals surface area contributed by atoms with Crippen LogP contribution in [0.1, 0.15) is 11.5 Å². The number of aromatic nitrogens is 2. The van der Waals surface area contributed by atoms with Crippen molar-refractivity contribution in [3.63, 3.8) is 0 Å². The molecule has 0 atom stereocenters.